The Morgan fingerprint density at radius 3 is 2.62 bits per heavy atom. The quantitative estimate of drug-likeness (QED) is 0.465. The largest absolute Gasteiger partial charge is 0.362 e. The van der Waals surface area contributed by atoms with Crippen LogP contribution in [-0.2, 0) is 11.2 Å². The number of hydrogen-bond acceptors (Lipinski definition) is 5. The van der Waals surface area contributed by atoms with E-state index in [-0.39, 0.29) is 18.4 Å². The predicted octanol–water partition coefficient (Wildman–Crippen LogP) is 4.18. The van der Waals surface area contributed by atoms with Crippen molar-refractivity contribution in [2.45, 2.75) is 12.8 Å². The first kappa shape index (κ1) is 20.2. The molecule has 1 aliphatic heterocycles. The van der Waals surface area contributed by atoms with Crippen LogP contribution in [0.15, 0.2) is 72.8 Å². The highest BCUT2D eigenvalue weighted by atomic mass is 32.1. The molecule has 0 atom stereocenters. The minimum atomic E-state index is -0.368. The van der Waals surface area contributed by atoms with Gasteiger partial charge in [0.15, 0.2) is 0 Å². The van der Waals surface area contributed by atoms with E-state index >= 15 is 0 Å². The molecular formula is C25H22N4O2S. The molecule has 0 aliphatic carbocycles. The molecule has 4 aromatic rings. The van der Waals surface area contributed by atoms with E-state index in [1.807, 2.05) is 54.6 Å². The van der Waals surface area contributed by atoms with E-state index < -0.39 is 0 Å². The van der Waals surface area contributed by atoms with E-state index in [9.17, 15) is 9.59 Å². The molecule has 1 aromatic heterocycles. The van der Waals surface area contributed by atoms with Gasteiger partial charge in [-0.2, -0.15) is 0 Å². The lowest BCUT2D eigenvalue weighted by Crippen LogP contribution is -2.47. The fourth-order valence-corrected chi connectivity index (χ4v) is 5.04. The second kappa shape index (κ2) is 8.80. The Hall–Kier alpha value is -3.71. The number of carbonyl (C=O) groups excluding carboxylic acids is 2. The molecular weight excluding hydrogens is 420 g/mol. The number of aryl methyl sites for hydroxylation is 1. The molecule has 2 heterocycles. The minimum absolute atomic E-state index is 0.191. The second-order valence-corrected chi connectivity index (χ2v) is 8.72. The van der Waals surface area contributed by atoms with Gasteiger partial charge >= 0.3 is 0 Å². The summed E-state index contributed by atoms with van der Waals surface area (Å²) in [7, 11) is 0. The molecule has 6 nitrogen and oxygen atoms in total. The lowest BCUT2D eigenvalue weighted by molar-refractivity contribution is -0.120. The van der Waals surface area contributed by atoms with Crippen molar-refractivity contribution in [2.24, 2.45) is 0 Å². The van der Waals surface area contributed by atoms with E-state index in [0.717, 1.165) is 45.9 Å². The molecule has 0 bridgehead atoms. The summed E-state index contributed by atoms with van der Waals surface area (Å²) in [5, 5.41) is 0.771. The minimum Gasteiger partial charge on any atom is -0.362 e. The van der Waals surface area contributed by atoms with E-state index in [0.29, 0.717) is 5.56 Å². The van der Waals surface area contributed by atoms with E-state index in [1.165, 1.54) is 16.9 Å². The molecule has 0 fully saturated rings. The van der Waals surface area contributed by atoms with Crippen LogP contribution in [-0.4, -0.2) is 29.9 Å². The van der Waals surface area contributed by atoms with Gasteiger partial charge in [-0.05, 0) is 42.7 Å². The second-order valence-electron chi connectivity index (χ2n) is 7.69. The summed E-state index contributed by atoms with van der Waals surface area (Å²) in [5.74, 6) is -0.625. The van der Waals surface area contributed by atoms with Gasteiger partial charge in [-0.3, -0.25) is 20.4 Å². The molecule has 2 amide bonds. The third-order valence-corrected chi connectivity index (χ3v) is 6.62. The van der Waals surface area contributed by atoms with E-state index in [4.69, 9.17) is 0 Å². The Balaban J connectivity index is 1.28. The fraction of sp³-hybridized carbons (Fsp3) is 0.160. The Morgan fingerprint density at radius 1 is 0.938 bits per heavy atom. The van der Waals surface area contributed by atoms with Crippen molar-refractivity contribution in [3.05, 3.63) is 83.9 Å². The third-order valence-electron chi connectivity index (χ3n) is 5.55. The number of nitrogens with zero attached hydrogens (tertiary/aromatic N) is 2. The van der Waals surface area contributed by atoms with Crippen molar-refractivity contribution >= 4 is 39.1 Å². The predicted molar refractivity (Wildman–Crippen MR) is 128 cm³/mol. The summed E-state index contributed by atoms with van der Waals surface area (Å²) in [4.78, 5) is 32.2. The number of hydrazine groups is 1. The number of anilines is 1. The summed E-state index contributed by atoms with van der Waals surface area (Å²) in [5.41, 5.74) is 9.58. The number of amides is 2. The maximum atomic E-state index is 12.9. The highest BCUT2D eigenvalue weighted by Crippen LogP contribution is 2.32. The summed E-state index contributed by atoms with van der Waals surface area (Å²) >= 11 is 1.54. The number of hydrogen-bond donors (Lipinski definition) is 2. The molecule has 3 aromatic carbocycles. The number of carbonyl (C=O) groups is 2. The number of nitrogens with one attached hydrogen (secondary N) is 2. The molecule has 2 N–H and O–H groups in total. The molecule has 1 aliphatic rings. The number of rotatable bonds is 4. The lowest BCUT2D eigenvalue weighted by Gasteiger charge is -2.30. The maximum absolute atomic E-state index is 12.9. The van der Waals surface area contributed by atoms with Gasteiger partial charge < -0.3 is 4.90 Å². The Labute approximate surface area is 189 Å². The molecule has 0 unspecified atom stereocenters. The van der Waals surface area contributed by atoms with E-state index in [1.54, 1.807) is 12.1 Å². The first-order valence-corrected chi connectivity index (χ1v) is 11.4. The van der Waals surface area contributed by atoms with Crippen LogP contribution in [0.3, 0.4) is 0 Å². The van der Waals surface area contributed by atoms with Gasteiger partial charge in [-0.15, -0.1) is 11.3 Å². The zero-order chi connectivity index (χ0) is 21.9. The zero-order valence-corrected chi connectivity index (χ0v) is 18.2. The van der Waals surface area contributed by atoms with Crippen molar-refractivity contribution in [2.75, 3.05) is 18.0 Å². The Kier molecular flexibility index (Phi) is 5.56. The van der Waals surface area contributed by atoms with Crippen LogP contribution in [0.5, 0.6) is 0 Å². The van der Waals surface area contributed by atoms with Gasteiger partial charge in [0.1, 0.15) is 5.01 Å². The van der Waals surface area contributed by atoms with Gasteiger partial charge in [0.25, 0.3) is 11.8 Å². The number of para-hydroxylation sites is 2. The van der Waals surface area contributed by atoms with Crippen LogP contribution in [0.1, 0.15) is 22.3 Å². The third kappa shape index (κ3) is 4.07. The molecule has 32 heavy (non-hydrogen) atoms. The van der Waals surface area contributed by atoms with Gasteiger partial charge in [0.05, 0.1) is 22.3 Å². The molecule has 0 spiro atoms. The zero-order valence-electron chi connectivity index (χ0n) is 17.4. The monoisotopic (exact) mass is 442 g/mol. The molecule has 0 saturated heterocycles. The van der Waals surface area contributed by atoms with Crippen molar-refractivity contribution in [1.82, 2.24) is 15.8 Å². The summed E-state index contributed by atoms with van der Waals surface area (Å²) in [6.45, 7) is 1.01. The molecule has 0 radical (unpaired) electrons. The normalized spacial score (nSPS) is 12.9. The molecule has 0 saturated carbocycles. The van der Waals surface area contributed by atoms with Crippen LogP contribution >= 0.6 is 11.3 Å². The van der Waals surface area contributed by atoms with Crippen LogP contribution in [0, 0.1) is 0 Å². The molecule has 160 valence electrons. The first-order chi connectivity index (χ1) is 15.7. The topological polar surface area (TPSA) is 74.3 Å². The number of fused-ring (bicyclic) bond motifs is 2. The summed E-state index contributed by atoms with van der Waals surface area (Å²) < 4.78 is 1.06. The number of benzene rings is 3. The standard InChI is InChI=1S/C25H22N4O2S/c30-23(16-29-15-7-9-17-8-1-5-13-21(17)29)27-28-24(31)18-10-2-3-11-19(18)25-26-20-12-4-6-14-22(20)32-25/h1-6,8,10-14H,7,9,15-16H2,(H,27,30)(H,28,31). The van der Waals surface area contributed by atoms with Crippen molar-refractivity contribution in [1.29, 1.82) is 0 Å². The van der Waals surface area contributed by atoms with E-state index in [2.05, 4.69) is 26.8 Å². The lowest BCUT2D eigenvalue weighted by atomic mass is 10.0. The van der Waals surface area contributed by atoms with Gasteiger partial charge in [-0.1, -0.05) is 48.5 Å². The molecule has 5 rings (SSSR count). The fourth-order valence-electron chi connectivity index (χ4n) is 4.04. The summed E-state index contributed by atoms with van der Waals surface area (Å²) in [6, 6.07) is 23.3. The van der Waals surface area contributed by atoms with Gasteiger partial charge in [-0.25, -0.2) is 4.98 Å². The first-order valence-electron chi connectivity index (χ1n) is 10.6. The smallest absolute Gasteiger partial charge is 0.270 e. The average molecular weight is 443 g/mol. The summed E-state index contributed by atoms with van der Waals surface area (Å²) in [6.07, 6.45) is 2.03. The van der Waals surface area contributed by atoms with Crippen LogP contribution < -0.4 is 15.8 Å². The number of thiazole rings is 1. The van der Waals surface area contributed by atoms with Crippen molar-refractivity contribution in [3.63, 3.8) is 0 Å². The Morgan fingerprint density at radius 2 is 1.72 bits per heavy atom. The van der Waals surface area contributed by atoms with Crippen LogP contribution in [0.2, 0.25) is 0 Å². The van der Waals surface area contributed by atoms with Crippen LogP contribution in [0.25, 0.3) is 20.8 Å². The van der Waals surface area contributed by atoms with Gasteiger partial charge in [0.2, 0.25) is 0 Å². The molecule has 7 heteroatoms. The van der Waals surface area contributed by atoms with Crippen LogP contribution in [0.4, 0.5) is 5.69 Å². The maximum Gasteiger partial charge on any atom is 0.270 e. The van der Waals surface area contributed by atoms with Gasteiger partial charge in [0, 0.05) is 17.8 Å². The highest BCUT2D eigenvalue weighted by molar-refractivity contribution is 7.21. The highest BCUT2D eigenvalue weighted by Gasteiger charge is 2.20. The Bertz CT molecular complexity index is 1270. The average Bonchev–Trinajstić information content (AvgIpc) is 3.27. The number of aromatic nitrogens is 1. The van der Waals surface area contributed by atoms with Crippen molar-refractivity contribution < 1.29 is 9.59 Å². The SMILES string of the molecule is O=C(CN1CCCc2ccccc21)NNC(=O)c1ccccc1-c1nc2ccccc2s1. The van der Waals surface area contributed by atoms with Crippen molar-refractivity contribution in [3.8, 4) is 10.6 Å².